The lowest BCUT2D eigenvalue weighted by molar-refractivity contribution is 0.337. The zero-order chi connectivity index (χ0) is 13.0. The van der Waals surface area contributed by atoms with E-state index in [1.54, 1.807) is 0 Å². The van der Waals surface area contributed by atoms with E-state index in [0.29, 0.717) is 6.04 Å². The predicted molar refractivity (Wildman–Crippen MR) is 76.4 cm³/mol. The zero-order valence-corrected chi connectivity index (χ0v) is 11.9. The van der Waals surface area contributed by atoms with Crippen LogP contribution in [0.5, 0.6) is 5.75 Å². The topological polar surface area (TPSA) is 21.3 Å². The molecule has 2 rings (SSSR count). The highest BCUT2D eigenvalue weighted by Crippen LogP contribution is 2.24. The molecule has 1 fully saturated rings. The highest BCUT2D eigenvalue weighted by molar-refractivity contribution is 5.41. The van der Waals surface area contributed by atoms with E-state index in [1.165, 1.54) is 42.5 Å². The average molecular weight is 247 g/mol. The van der Waals surface area contributed by atoms with Crippen LogP contribution in [0.15, 0.2) is 12.1 Å². The Morgan fingerprint density at radius 1 is 1.22 bits per heavy atom. The van der Waals surface area contributed by atoms with Crippen molar-refractivity contribution in [3.05, 3.63) is 28.8 Å². The molecule has 0 spiro atoms. The Bertz CT molecular complexity index is 394. The molecule has 1 heterocycles. The summed E-state index contributed by atoms with van der Waals surface area (Å²) in [7, 11) is 0. The molecule has 1 saturated heterocycles. The van der Waals surface area contributed by atoms with E-state index in [1.807, 2.05) is 6.92 Å². The van der Waals surface area contributed by atoms with Gasteiger partial charge in [0.15, 0.2) is 0 Å². The molecule has 2 heteroatoms. The molecule has 1 aromatic rings. The molecule has 100 valence electrons. The summed E-state index contributed by atoms with van der Waals surface area (Å²) < 4.78 is 5.65. The Morgan fingerprint density at radius 3 is 2.72 bits per heavy atom. The second-order valence-corrected chi connectivity index (χ2v) is 5.33. The summed E-state index contributed by atoms with van der Waals surface area (Å²) in [5.74, 6) is 1.04. The third kappa shape index (κ3) is 3.26. The Morgan fingerprint density at radius 2 is 2.06 bits per heavy atom. The third-order valence-electron chi connectivity index (χ3n) is 3.81. The van der Waals surface area contributed by atoms with E-state index in [0.717, 1.165) is 18.8 Å². The summed E-state index contributed by atoms with van der Waals surface area (Å²) >= 11 is 0. The first-order valence-electron chi connectivity index (χ1n) is 7.17. The van der Waals surface area contributed by atoms with E-state index in [9.17, 15) is 0 Å². The van der Waals surface area contributed by atoms with Crippen LogP contribution >= 0.6 is 0 Å². The zero-order valence-electron chi connectivity index (χ0n) is 11.9. The normalized spacial score (nSPS) is 19.8. The van der Waals surface area contributed by atoms with Crippen LogP contribution in [0.2, 0.25) is 0 Å². The molecule has 18 heavy (non-hydrogen) atoms. The second-order valence-electron chi connectivity index (χ2n) is 5.33. The van der Waals surface area contributed by atoms with Crippen LogP contribution in [0.3, 0.4) is 0 Å². The van der Waals surface area contributed by atoms with Gasteiger partial charge < -0.3 is 10.1 Å². The standard InChI is InChI=1S/C16H25NO/c1-4-18-16-10-12(2)14(9-13(16)3)11-15-7-5-6-8-17-15/h9-10,15,17H,4-8,11H2,1-3H3. The van der Waals surface area contributed by atoms with Gasteiger partial charge in [0.2, 0.25) is 0 Å². The number of benzene rings is 1. The summed E-state index contributed by atoms with van der Waals surface area (Å²) in [6, 6.07) is 5.16. The fourth-order valence-corrected chi connectivity index (χ4v) is 2.74. The number of aryl methyl sites for hydroxylation is 2. The first kappa shape index (κ1) is 13.4. The molecule has 0 bridgehead atoms. The van der Waals surface area contributed by atoms with Gasteiger partial charge in [-0.15, -0.1) is 0 Å². The van der Waals surface area contributed by atoms with Crippen LogP contribution in [0.25, 0.3) is 0 Å². The molecule has 0 aliphatic carbocycles. The lowest BCUT2D eigenvalue weighted by Crippen LogP contribution is -2.35. The monoisotopic (exact) mass is 247 g/mol. The summed E-state index contributed by atoms with van der Waals surface area (Å²) in [6.45, 7) is 8.29. The first-order chi connectivity index (χ1) is 8.70. The van der Waals surface area contributed by atoms with Crippen LogP contribution in [-0.2, 0) is 6.42 Å². The third-order valence-corrected chi connectivity index (χ3v) is 3.81. The number of ether oxygens (including phenoxy) is 1. The van der Waals surface area contributed by atoms with E-state index in [-0.39, 0.29) is 0 Å². The van der Waals surface area contributed by atoms with Crippen molar-refractivity contribution in [2.75, 3.05) is 13.2 Å². The van der Waals surface area contributed by atoms with Crippen molar-refractivity contribution >= 4 is 0 Å². The SMILES string of the molecule is CCOc1cc(C)c(CC2CCCCN2)cc1C. The Hall–Kier alpha value is -1.02. The smallest absolute Gasteiger partial charge is 0.122 e. The van der Waals surface area contributed by atoms with Crippen LogP contribution in [0.1, 0.15) is 42.9 Å². The van der Waals surface area contributed by atoms with Gasteiger partial charge in [0.1, 0.15) is 5.75 Å². The maximum atomic E-state index is 5.65. The van der Waals surface area contributed by atoms with Crippen molar-refractivity contribution in [3.63, 3.8) is 0 Å². The van der Waals surface area contributed by atoms with Crippen molar-refractivity contribution in [1.29, 1.82) is 0 Å². The van der Waals surface area contributed by atoms with Crippen LogP contribution in [0, 0.1) is 13.8 Å². The number of piperidine rings is 1. The van der Waals surface area contributed by atoms with Gasteiger partial charge in [-0.25, -0.2) is 0 Å². The fraction of sp³-hybridized carbons (Fsp3) is 0.625. The van der Waals surface area contributed by atoms with Gasteiger partial charge in [0, 0.05) is 6.04 Å². The van der Waals surface area contributed by atoms with E-state index >= 15 is 0 Å². The van der Waals surface area contributed by atoms with Gasteiger partial charge in [0.25, 0.3) is 0 Å². The van der Waals surface area contributed by atoms with Crippen molar-refractivity contribution in [2.45, 2.75) is 52.5 Å². The molecule has 1 aromatic carbocycles. The van der Waals surface area contributed by atoms with Gasteiger partial charge >= 0.3 is 0 Å². The molecule has 1 unspecified atom stereocenters. The molecule has 0 amide bonds. The van der Waals surface area contributed by atoms with Crippen molar-refractivity contribution in [3.8, 4) is 5.75 Å². The maximum absolute atomic E-state index is 5.65. The van der Waals surface area contributed by atoms with Gasteiger partial charge in [-0.2, -0.15) is 0 Å². The molecule has 2 nitrogen and oxygen atoms in total. The van der Waals surface area contributed by atoms with Gasteiger partial charge in [-0.1, -0.05) is 12.5 Å². The van der Waals surface area contributed by atoms with Crippen LogP contribution < -0.4 is 10.1 Å². The van der Waals surface area contributed by atoms with Gasteiger partial charge in [-0.3, -0.25) is 0 Å². The van der Waals surface area contributed by atoms with Crippen molar-refractivity contribution in [1.82, 2.24) is 5.32 Å². The highest BCUT2D eigenvalue weighted by atomic mass is 16.5. The Balaban J connectivity index is 2.10. The van der Waals surface area contributed by atoms with Crippen molar-refractivity contribution in [2.24, 2.45) is 0 Å². The summed E-state index contributed by atoms with van der Waals surface area (Å²) in [5, 5.41) is 3.62. The minimum Gasteiger partial charge on any atom is -0.494 e. The summed E-state index contributed by atoms with van der Waals surface area (Å²) in [4.78, 5) is 0. The molecular formula is C16H25NO. The van der Waals surface area contributed by atoms with Crippen LogP contribution in [0.4, 0.5) is 0 Å². The molecule has 1 aliphatic heterocycles. The highest BCUT2D eigenvalue weighted by Gasteiger charge is 2.15. The molecule has 1 N–H and O–H groups in total. The Kier molecular flexibility index (Phi) is 4.65. The second kappa shape index (κ2) is 6.24. The minimum atomic E-state index is 0.662. The van der Waals surface area contributed by atoms with E-state index in [2.05, 4.69) is 31.3 Å². The molecule has 0 radical (unpaired) electrons. The Labute approximate surface area is 111 Å². The maximum Gasteiger partial charge on any atom is 0.122 e. The number of rotatable bonds is 4. The van der Waals surface area contributed by atoms with Gasteiger partial charge in [-0.05, 0) is 69.3 Å². The van der Waals surface area contributed by atoms with E-state index < -0.39 is 0 Å². The largest absolute Gasteiger partial charge is 0.494 e. The van der Waals surface area contributed by atoms with E-state index in [4.69, 9.17) is 4.74 Å². The predicted octanol–water partition coefficient (Wildman–Crippen LogP) is 3.39. The molecule has 0 aromatic heterocycles. The number of hydrogen-bond donors (Lipinski definition) is 1. The average Bonchev–Trinajstić information content (AvgIpc) is 2.37. The molecular weight excluding hydrogens is 222 g/mol. The quantitative estimate of drug-likeness (QED) is 0.880. The summed E-state index contributed by atoms with van der Waals surface area (Å²) in [5.41, 5.74) is 4.08. The van der Waals surface area contributed by atoms with Gasteiger partial charge in [0.05, 0.1) is 6.61 Å². The van der Waals surface area contributed by atoms with Crippen molar-refractivity contribution < 1.29 is 4.74 Å². The lowest BCUT2D eigenvalue weighted by Gasteiger charge is -2.24. The molecule has 0 saturated carbocycles. The number of hydrogen-bond acceptors (Lipinski definition) is 2. The molecule has 1 atom stereocenters. The first-order valence-corrected chi connectivity index (χ1v) is 7.17. The lowest BCUT2D eigenvalue weighted by atomic mass is 9.94. The molecule has 1 aliphatic rings. The van der Waals surface area contributed by atoms with Crippen LogP contribution in [-0.4, -0.2) is 19.2 Å². The fourth-order valence-electron chi connectivity index (χ4n) is 2.74. The number of nitrogens with one attached hydrogen (secondary N) is 1. The minimum absolute atomic E-state index is 0.662. The summed E-state index contributed by atoms with van der Waals surface area (Å²) in [6.07, 6.45) is 5.16.